The topological polar surface area (TPSA) is 40.7 Å². The van der Waals surface area contributed by atoms with Crippen LogP contribution in [0.5, 0.6) is 0 Å². The van der Waals surface area contributed by atoms with E-state index in [2.05, 4.69) is 21.5 Å². The lowest BCUT2D eigenvalue weighted by molar-refractivity contribution is 0.707. The van der Waals surface area contributed by atoms with Crippen molar-refractivity contribution in [2.24, 2.45) is 0 Å². The van der Waals surface area contributed by atoms with Gasteiger partial charge in [0, 0.05) is 24.2 Å². The van der Waals surface area contributed by atoms with Gasteiger partial charge in [-0.1, -0.05) is 0 Å². The number of aromatic nitrogens is 2. The van der Waals surface area contributed by atoms with Gasteiger partial charge in [0.25, 0.3) is 0 Å². The molecule has 0 atom stereocenters. The summed E-state index contributed by atoms with van der Waals surface area (Å²) in [6, 6.07) is 0. The maximum absolute atomic E-state index is 5.10. The molecular formula is C9H13N3S2. The standard InChI is InChI=1S/C9H13N3S2/c1-14-8-6-2-4-10-5-3-7(6)11-9(13)12-8/h10H,2-5H2,1H3,(H,11,12,13). The summed E-state index contributed by atoms with van der Waals surface area (Å²) in [4.78, 5) is 7.53. The summed E-state index contributed by atoms with van der Waals surface area (Å²) in [5, 5.41) is 4.46. The molecule has 0 fully saturated rings. The van der Waals surface area contributed by atoms with Crippen LogP contribution in [-0.2, 0) is 12.8 Å². The van der Waals surface area contributed by atoms with E-state index < -0.39 is 0 Å². The Balaban J connectivity index is 2.52. The van der Waals surface area contributed by atoms with Crippen LogP contribution in [0.15, 0.2) is 5.03 Å². The minimum Gasteiger partial charge on any atom is -0.334 e. The molecule has 76 valence electrons. The molecule has 2 N–H and O–H groups in total. The summed E-state index contributed by atoms with van der Waals surface area (Å²) in [5.41, 5.74) is 2.61. The van der Waals surface area contributed by atoms with Crippen LogP contribution in [-0.4, -0.2) is 29.3 Å². The highest BCUT2D eigenvalue weighted by Gasteiger charge is 2.12. The molecule has 2 heterocycles. The van der Waals surface area contributed by atoms with Crippen molar-refractivity contribution in [3.63, 3.8) is 0 Å². The molecule has 0 aliphatic carbocycles. The Morgan fingerprint density at radius 2 is 2.14 bits per heavy atom. The lowest BCUT2D eigenvalue weighted by Gasteiger charge is -2.08. The minimum atomic E-state index is 0.606. The van der Waals surface area contributed by atoms with E-state index >= 15 is 0 Å². The number of aromatic amines is 1. The second kappa shape index (κ2) is 4.42. The van der Waals surface area contributed by atoms with Gasteiger partial charge >= 0.3 is 0 Å². The van der Waals surface area contributed by atoms with Crippen LogP contribution in [0.1, 0.15) is 11.3 Å². The van der Waals surface area contributed by atoms with Crippen LogP contribution in [0.4, 0.5) is 0 Å². The number of nitrogens with zero attached hydrogens (tertiary/aromatic N) is 1. The molecule has 1 aromatic rings. The van der Waals surface area contributed by atoms with Crippen molar-refractivity contribution in [2.75, 3.05) is 19.3 Å². The number of hydrogen-bond donors (Lipinski definition) is 2. The molecule has 1 aliphatic rings. The number of nitrogens with one attached hydrogen (secondary N) is 2. The zero-order valence-corrected chi connectivity index (χ0v) is 9.73. The molecule has 5 heteroatoms. The number of rotatable bonds is 1. The van der Waals surface area contributed by atoms with Crippen LogP contribution in [0.2, 0.25) is 0 Å². The smallest absolute Gasteiger partial charge is 0.198 e. The Morgan fingerprint density at radius 1 is 1.36 bits per heavy atom. The molecule has 0 radical (unpaired) electrons. The van der Waals surface area contributed by atoms with Crippen molar-refractivity contribution >= 4 is 24.0 Å². The molecule has 14 heavy (non-hydrogen) atoms. The molecule has 0 saturated carbocycles. The van der Waals surface area contributed by atoms with Gasteiger partial charge in [0.05, 0.1) is 0 Å². The van der Waals surface area contributed by atoms with Gasteiger partial charge in [-0.2, -0.15) is 0 Å². The molecule has 3 nitrogen and oxygen atoms in total. The quantitative estimate of drug-likeness (QED) is 0.434. The molecule has 2 rings (SSSR count). The van der Waals surface area contributed by atoms with E-state index in [1.165, 1.54) is 11.3 Å². The van der Waals surface area contributed by atoms with Gasteiger partial charge in [-0.15, -0.1) is 11.8 Å². The zero-order chi connectivity index (χ0) is 9.97. The number of thioether (sulfide) groups is 1. The van der Waals surface area contributed by atoms with E-state index in [1.54, 1.807) is 11.8 Å². The lowest BCUT2D eigenvalue weighted by Crippen LogP contribution is -2.16. The van der Waals surface area contributed by atoms with Crippen LogP contribution < -0.4 is 5.32 Å². The van der Waals surface area contributed by atoms with Crippen molar-refractivity contribution in [3.8, 4) is 0 Å². The van der Waals surface area contributed by atoms with Gasteiger partial charge in [0.2, 0.25) is 0 Å². The predicted octanol–water partition coefficient (Wildman–Crippen LogP) is 1.55. The van der Waals surface area contributed by atoms with Gasteiger partial charge in [-0.3, -0.25) is 0 Å². The first-order chi connectivity index (χ1) is 6.81. The average Bonchev–Trinajstić information content (AvgIpc) is 2.41. The largest absolute Gasteiger partial charge is 0.334 e. The van der Waals surface area contributed by atoms with Crippen LogP contribution in [0, 0.1) is 4.77 Å². The zero-order valence-electron chi connectivity index (χ0n) is 8.09. The van der Waals surface area contributed by atoms with Crippen LogP contribution in [0.3, 0.4) is 0 Å². The highest BCUT2D eigenvalue weighted by atomic mass is 32.2. The van der Waals surface area contributed by atoms with E-state index in [1.807, 2.05) is 0 Å². The van der Waals surface area contributed by atoms with E-state index in [9.17, 15) is 0 Å². The Labute approximate surface area is 92.7 Å². The van der Waals surface area contributed by atoms with Gasteiger partial charge in [0.15, 0.2) is 4.77 Å². The number of H-pyrrole nitrogens is 1. The van der Waals surface area contributed by atoms with E-state index in [0.29, 0.717) is 4.77 Å². The average molecular weight is 227 g/mol. The molecule has 0 bridgehead atoms. The molecule has 1 aromatic heterocycles. The van der Waals surface area contributed by atoms with Crippen LogP contribution >= 0.6 is 24.0 Å². The maximum Gasteiger partial charge on any atom is 0.198 e. The second-order valence-electron chi connectivity index (χ2n) is 3.26. The Kier molecular flexibility index (Phi) is 3.20. The molecular weight excluding hydrogens is 214 g/mol. The van der Waals surface area contributed by atoms with Crippen LogP contribution in [0.25, 0.3) is 0 Å². The lowest BCUT2D eigenvalue weighted by atomic mass is 10.1. The summed E-state index contributed by atoms with van der Waals surface area (Å²) >= 11 is 6.78. The Bertz CT molecular complexity index is 386. The molecule has 1 aliphatic heterocycles. The fraction of sp³-hybridized carbons (Fsp3) is 0.556. The van der Waals surface area contributed by atoms with Crippen molar-refractivity contribution in [2.45, 2.75) is 17.9 Å². The molecule has 0 spiro atoms. The Morgan fingerprint density at radius 3 is 2.93 bits per heavy atom. The fourth-order valence-corrected chi connectivity index (χ4v) is 2.64. The van der Waals surface area contributed by atoms with Crippen molar-refractivity contribution in [1.82, 2.24) is 15.3 Å². The van der Waals surface area contributed by atoms with Crippen molar-refractivity contribution in [3.05, 3.63) is 16.0 Å². The summed E-state index contributed by atoms with van der Waals surface area (Å²) in [6.07, 6.45) is 4.12. The maximum atomic E-state index is 5.10. The summed E-state index contributed by atoms with van der Waals surface area (Å²) in [5.74, 6) is 0. The summed E-state index contributed by atoms with van der Waals surface area (Å²) in [7, 11) is 0. The molecule has 0 saturated heterocycles. The monoisotopic (exact) mass is 227 g/mol. The molecule has 0 unspecified atom stereocenters. The number of fused-ring (bicyclic) bond motifs is 1. The highest BCUT2D eigenvalue weighted by Crippen LogP contribution is 2.21. The predicted molar refractivity (Wildman–Crippen MR) is 61.5 cm³/mol. The molecule has 0 aromatic carbocycles. The van der Waals surface area contributed by atoms with Gasteiger partial charge in [-0.05, 0) is 31.4 Å². The number of hydrogen-bond acceptors (Lipinski definition) is 4. The van der Waals surface area contributed by atoms with E-state index in [0.717, 1.165) is 31.0 Å². The fourth-order valence-electron chi connectivity index (χ4n) is 1.71. The normalized spacial score (nSPS) is 16.1. The second-order valence-corrected chi connectivity index (χ2v) is 4.44. The first kappa shape index (κ1) is 10.1. The SMILES string of the molecule is CSc1nc(=S)[nH]c2c1CCNCC2. The summed E-state index contributed by atoms with van der Waals surface area (Å²) in [6.45, 7) is 2.06. The van der Waals surface area contributed by atoms with Gasteiger partial charge < -0.3 is 10.3 Å². The van der Waals surface area contributed by atoms with E-state index in [4.69, 9.17) is 12.2 Å². The third kappa shape index (κ3) is 1.99. The molecule has 0 amide bonds. The Hall–Kier alpha value is -0.390. The van der Waals surface area contributed by atoms with Crippen molar-refractivity contribution in [1.29, 1.82) is 0 Å². The minimum absolute atomic E-state index is 0.606. The highest BCUT2D eigenvalue weighted by molar-refractivity contribution is 7.98. The van der Waals surface area contributed by atoms with E-state index in [-0.39, 0.29) is 0 Å². The summed E-state index contributed by atoms with van der Waals surface area (Å²) < 4.78 is 0.606. The van der Waals surface area contributed by atoms with Gasteiger partial charge in [-0.25, -0.2) is 4.98 Å². The first-order valence-electron chi connectivity index (χ1n) is 4.68. The first-order valence-corrected chi connectivity index (χ1v) is 6.31. The third-order valence-corrected chi connectivity index (χ3v) is 3.30. The third-order valence-electron chi connectivity index (χ3n) is 2.38. The van der Waals surface area contributed by atoms with Crippen molar-refractivity contribution < 1.29 is 0 Å². The van der Waals surface area contributed by atoms with Gasteiger partial charge in [0.1, 0.15) is 5.03 Å².